The number of nitrogens with one attached hydrogen (secondary N) is 1. The Morgan fingerprint density at radius 1 is 1.07 bits per heavy atom. The highest BCUT2D eigenvalue weighted by atomic mass is 32.2. The molecule has 1 aliphatic rings. The van der Waals surface area contributed by atoms with Gasteiger partial charge >= 0.3 is 10.2 Å². The van der Waals surface area contributed by atoms with E-state index in [0.29, 0.717) is 17.8 Å². The largest absolute Gasteiger partial charge is 0.352 e. The van der Waals surface area contributed by atoms with Crippen molar-refractivity contribution in [3.05, 3.63) is 29.8 Å². The maximum Gasteiger partial charge on any atom is 0.303 e. The molecule has 1 aliphatic heterocycles. The number of likely N-dealkylation sites (N-methyl/N-ethyl adjacent to an activating group) is 1. The zero-order valence-corrected chi connectivity index (χ0v) is 17.5. The van der Waals surface area contributed by atoms with E-state index in [1.54, 1.807) is 24.3 Å². The van der Waals surface area contributed by atoms with Crippen molar-refractivity contribution in [3.8, 4) is 0 Å². The van der Waals surface area contributed by atoms with Gasteiger partial charge in [-0.25, -0.2) is 0 Å². The van der Waals surface area contributed by atoms with Crippen LogP contribution in [0.3, 0.4) is 0 Å². The highest BCUT2D eigenvalue weighted by Gasteiger charge is 2.21. The number of anilines is 1. The molecule has 0 aromatic heterocycles. The molecule has 0 atom stereocenters. The van der Waals surface area contributed by atoms with E-state index in [0.717, 1.165) is 43.4 Å². The summed E-state index contributed by atoms with van der Waals surface area (Å²) in [4.78, 5) is 17.0. The number of carbonyl (C=O) groups excluding carboxylic acids is 1. The van der Waals surface area contributed by atoms with E-state index in [-0.39, 0.29) is 5.91 Å². The molecule has 1 saturated heterocycles. The Balaban J connectivity index is 1.80. The summed E-state index contributed by atoms with van der Waals surface area (Å²) in [7, 11) is 3.05. The Morgan fingerprint density at radius 2 is 1.67 bits per heavy atom. The van der Waals surface area contributed by atoms with E-state index in [1.807, 2.05) is 0 Å². The predicted molar refractivity (Wildman–Crippen MR) is 108 cm³/mol. The van der Waals surface area contributed by atoms with E-state index < -0.39 is 10.2 Å². The molecule has 152 valence electrons. The Bertz CT molecular complexity index is 713. The number of benzene rings is 1. The second kappa shape index (κ2) is 9.50. The molecule has 0 unspecified atom stereocenters. The topological polar surface area (TPSA) is 76.2 Å². The van der Waals surface area contributed by atoms with Gasteiger partial charge in [0, 0.05) is 59.4 Å². The second-order valence-electron chi connectivity index (χ2n) is 7.06. The van der Waals surface area contributed by atoms with Crippen LogP contribution in [0.25, 0.3) is 0 Å². The van der Waals surface area contributed by atoms with Gasteiger partial charge in [-0.2, -0.15) is 12.7 Å². The van der Waals surface area contributed by atoms with Crippen LogP contribution >= 0.6 is 0 Å². The molecule has 1 fully saturated rings. The van der Waals surface area contributed by atoms with Crippen molar-refractivity contribution < 1.29 is 13.2 Å². The van der Waals surface area contributed by atoms with Crippen LogP contribution in [0.5, 0.6) is 0 Å². The van der Waals surface area contributed by atoms with Crippen molar-refractivity contribution in [2.75, 3.05) is 71.8 Å². The van der Waals surface area contributed by atoms with Crippen molar-refractivity contribution in [2.45, 2.75) is 6.42 Å². The number of piperazine rings is 1. The fraction of sp³-hybridized carbons (Fsp3) is 0.611. The van der Waals surface area contributed by atoms with Crippen LogP contribution < -0.4 is 9.62 Å². The van der Waals surface area contributed by atoms with Crippen molar-refractivity contribution in [1.29, 1.82) is 0 Å². The lowest BCUT2D eigenvalue weighted by Crippen LogP contribution is -2.45. The van der Waals surface area contributed by atoms with Crippen LogP contribution in [-0.4, -0.2) is 95.9 Å². The first-order valence-corrected chi connectivity index (χ1v) is 10.6. The molecule has 1 N–H and O–H groups in total. The third-order valence-corrected chi connectivity index (χ3v) is 6.66. The first-order valence-electron chi connectivity index (χ1n) is 9.17. The quantitative estimate of drug-likeness (QED) is 0.639. The number of amides is 1. The Hall–Kier alpha value is -1.68. The van der Waals surface area contributed by atoms with Crippen LogP contribution in [0.1, 0.15) is 16.8 Å². The number of nitrogens with zero attached hydrogens (tertiary/aromatic N) is 4. The molecule has 1 heterocycles. The monoisotopic (exact) mass is 397 g/mol. The lowest BCUT2D eigenvalue weighted by atomic mass is 10.2. The third kappa shape index (κ3) is 5.90. The fourth-order valence-electron chi connectivity index (χ4n) is 2.88. The van der Waals surface area contributed by atoms with Gasteiger partial charge in [-0.05, 0) is 44.3 Å². The van der Waals surface area contributed by atoms with E-state index >= 15 is 0 Å². The van der Waals surface area contributed by atoms with Crippen LogP contribution in [0, 0.1) is 0 Å². The van der Waals surface area contributed by atoms with E-state index in [9.17, 15) is 13.2 Å². The molecule has 0 bridgehead atoms. The molecule has 2 rings (SSSR count). The summed E-state index contributed by atoms with van der Waals surface area (Å²) < 4.78 is 26.6. The molecule has 27 heavy (non-hydrogen) atoms. The molecule has 1 aromatic rings. The van der Waals surface area contributed by atoms with Crippen molar-refractivity contribution in [1.82, 2.24) is 19.4 Å². The molecule has 0 aliphatic carbocycles. The van der Waals surface area contributed by atoms with Crippen LogP contribution in [0.15, 0.2) is 24.3 Å². The maximum atomic E-state index is 12.3. The first-order chi connectivity index (χ1) is 12.7. The van der Waals surface area contributed by atoms with Gasteiger partial charge in [0.2, 0.25) is 0 Å². The molecule has 1 aromatic carbocycles. The van der Waals surface area contributed by atoms with Gasteiger partial charge in [0.1, 0.15) is 0 Å². The van der Waals surface area contributed by atoms with Gasteiger partial charge in [-0.1, -0.05) is 0 Å². The summed E-state index contributed by atoms with van der Waals surface area (Å²) in [6.45, 7) is 5.96. The number of rotatable bonds is 8. The minimum absolute atomic E-state index is 0.141. The van der Waals surface area contributed by atoms with Gasteiger partial charge in [-0.3, -0.25) is 9.10 Å². The lowest BCUT2D eigenvalue weighted by molar-refractivity contribution is 0.0949. The molecule has 0 spiro atoms. The number of hydrogen-bond acceptors (Lipinski definition) is 5. The SMILES string of the molecule is CN1CCN(CCCNC(=O)c2ccc(N(C)S(=O)(=O)N(C)C)cc2)CC1. The van der Waals surface area contributed by atoms with E-state index in [1.165, 1.54) is 25.4 Å². The summed E-state index contributed by atoms with van der Waals surface area (Å²) in [5, 5.41) is 2.93. The van der Waals surface area contributed by atoms with Crippen LogP contribution in [-0.2, 0) is 10.2 Å². The number of hydrogen-bond donors (Lipinski definition) is 1. The molecular weight excluding hydrogens is 366 g/mol. The van der Waals surface area contributed by atoms with E-state index in [4.69, 9.17) is 0 Å². The molecule has 8 nitrogen and oxygen atoms in total. The highest BCUT2D eigenvalue weighted by molar-refractivity contribution is 7.90. The molecule has 1 amide bonds. The minimum atomic E-state index is -3.54. The van der Waals surface area contributed by atoms with Gasteiger partial charge < -0.3 is 15.1 Å². The standard InChI is InChI=1S/C18H31N5O3S/c1-20(2)27(25,26)22(4)17-8-6-16(7-9-17)18(24)19-10-5-11-23-14-12-21(3)13-15-23/h6-9H,5,10-15H2,1-4H3,(H,19,24). The third-order valence-electron chi connectivity index (χ3n) is 4.83. The molecule has 9 heteroatoms. The fourth-order valence-corrected chi connectivity index (χ4v) is 3.76. The van der Waals surface area contributed by atoms with Gasteiger partial charge in [-0.15, -0.1) is 0 Å². The van der Waals surface area contributed by atoms with Crippen molar-refractivity contribution >= 4 is 21.8 Å². The zero-order chi connectivity index (χ0) is 20.0. The van der Waals surface area contributed by atoms with Gasteiger partial charge in [0.15, 0.2) is 0 Å². The Labute approximate surface area is 162 Å². The summed E-state index contributed by atoms with van der Waals surface area (Å²) >= 11 is 0. The normalized spacial score (nSPS) is 16.5. The van der Waals surface area contributed by atoms with E-state index in [2.05, 4.69) is 22.2 Å². The average molecular weight is 398 g/mol. The molecule has 0 saturated carbocycles. The minimum Gasteiger partial charge on any atom is -0.352 e. The average Bonchev–Trinajstić information content (AvgIpc) is 2.65. The summed E-state index contributed by atoms with van der Waals surface area (Å²) in [5.41, 5.74) is 1.03. The van der Waals surface area contributed by atoms with Crippen LogP contribution in [0.2, 0.25) is 0 Å². The zero-order valence-electron chi connectivity index (χ0n) is 16.7. The van der Waals surface area contributed by atoms with Gasteiger partial charge in [0.05, 0.1) is 5.69 Å². The Kier molecular flexibility index (Phi) is 7.60. The summed E-state index contributed by atoms with van der Waals surface area (Å²) in [5.74, 6) is -0.141. The highest BCUT2D eigenvalue weighted by Crippen LogP contribution is 2.18. The molecule has 0 radical (unpaired) electrons. The maximum absolute atomic E-state index is 12.3. The van der Waals surface area contributed by atoms with Crippen molar-refractivity contribution in [2.24, 2.45) is 0 Å². The predicted octanol–water partition coefficient (Wildman–Crippen LogP) is 0.297. The molecular formula is C18H31N5O3S. The smallest absolute Gasteiger partial charge is 0.303 e. The second-order valence-corrected chi connectivity index (χ2v) is 9.23. The van der Waals surface area contributed by atoms with Crippen molar-refractivity contribution in [3.63, 3.8) is 0 Å². The first kappa shape index (κ1) is 21.6. The van der Waals surface area contributed by atoms with Crippen LogP contribution in [0.4, 0.5) is 5.69 Å². The number of carbonyl (C=O) groups is 1. The Morgan fingerprint density at radius 3 is 2.22 bits per heavy atom. The van der Waals surface area contributed by atoms with Gasteiger partial charge in [0.25, 0.3) is 5.91 Å². The summed E-state index contributed by atoms with van der Waals surface area (Å²) in [6.07, 6.45) is 0.914. The lowest BCUT2D eigenvalue weighted by Gasteiger charge is -2.32. The summed E-state index contributed by atoms with van der Waals surface area (Å²) in [6, 6.07) is 6.57.